The van der Waals surface area contributed by atoms with Crippen LogP contribution >= 0.6 is 0 Å². The number of esters is 1. The number of rotatable bonds is 13. The van der Waals surface area contributed by atoms with E-state index in [1.807, 2.05) is 29.1 Å². The van der Waals surface area contributed by atoms with Crippen LogP contribution in [0.4, 0.5) is 0 Å². The molecule has 15 heteroatoms. The van der Waals surface area contributed by atoms with E-state index in [0.717, 1.165) is 0 Å². The predicted molar refractivity (Wildman–Crippen MR) is 143 cm³/mol. The molecule has 2 aliphatic rings. The molecule has 2 amide bonds. The van der Waals surface area contributed by atoms with Gasteiger partial charge >= 0.3 is 5.97 Å². The van der Waals surface area contributed by atoms with Crippen LogP contribution < -0.4 is 10.6 Å². The molecule has 3 rings (SSSR count). The summed E-state index contributed by atoms with van der Waals surface area (Å²) in [6, 6.07) is 2.65. The third-order valence-electron chi connectivity index (χ3n) is 6.93. The molecule has 3 heterocycles. The zero-order chi connectivity index (χ0) is 31.0. The third-order valence-corrected chi connectivity index (χ3v) is 6.93. The van der Waals surface area contributed by atoms with Crippen LogP contribution in [0.5, 0.6) is 0 Å². The van der Waals surface area contributed by atoms with Crippen LogP contribution in [-0.2, 0) is 49.3 Å². The van der Waals surface area contributed by atoms with Gasteiger partial charge in [0.15, 0.2) is 18.7 Å². The second-order valence-corrected chi connectivity index (χ2v) is 10.1. The predicted octanol–water partition coefficient (Wildman–Crippen LogP) is -1.80. The Balaban J connectivity index is 1.76. The quantitative estimate of drug-likeness (QED) is 0.0971. The number of hydrogen-bond donors (Lipinski definition) is 5. The zero-order valence-corrected chi connectivity index (χ0v) is 24.1. The van der Waals surface area contributed by atoms with Crippen molar-refractivity contribution in [2.24, 2.45) is 0 Å². The molecule has 0 aromatic carbocycles. The minimum atomic E-state index is -1.72. The number of ether oxygens (including phenoxy) is 6. The van der Waals surface area contributed by atoms with Gasteiger partial charge in [-0.15, -0.1) is 0 Å². The van der Waals surface area contributed by atoms with E-state index in [9.17, 15) is 29.7 Å². The van der Waals surface area contributed by atoms with Gasteiger partial charge in [0.25, 0.3) is 5.91 Å². The van der Waals surface area contributed by atoms with Gasteiger partial charge in [0.05, 0.1) is 0 Å². The molecule has 10 atom stereocenters. The van der Waals surface area contributed by atoms with Gasteiger partial charge in [0.1, 0.15) is 49.3 Å². The summed E-state index contributed by atoms with van der Waals surface area (Å²) in [5, 5.41) is 38.2. The third kappa shape index (κ3) is 8.35. The Morgan fingerprint density at radius 3 is 2.24 bits per heavy atom. The fourth-order valence-electron chi connectivity index (χ4n) is 4.76. The van der Waals surface area contributed by atoms with Crippen LogP contribution in [0.1, 0.15) is 20.3 Å². The van der Waals surface area contributed by atoms with Crippen molar-refractivity contribution in [3.8, 4) is 0 Å². The number of nitrogens with zero attached hydrogens (tertiary/aromatic N) is 1. The van der Waals surface area contributed by atoms with Gasteiger partial charge < -0.3 is 58.9 Å². The molecule has 1 aromatic heterocycles. The van der Waals surface area contributed by atoms with Crippen LogP contribution in [0.25, 0.3) is 0 Å². The lowest BCUT2D eigenvalue weighted by molar-refractivity contribution is -0.338. The van der Waals surface area contributed by atoms with Crippen LogP contribution in [0.3, 0.4) is 0 Å². The maximum Gasteiger partial charge on any atom is 0.333 e. The van der Waals surface area contributed by atoms with Crippen LogP contribution in [0, 0.1) is 0 Å². The van der Waals surface area contributed by atoms with E-state index >= 15 is 0 Å². The average Bonchev–Trinajstić information content (AvgIpc) is 3.47. The molecule has 0 spiro atoms. The maximum absolute atomic E-state index is 13.1. The molecule has 2 aliphatic heterocycles. The highest BCUT2D eigenvalue weighted by atomic mass is 16.7. The van der Waals surface area contributed by atoms with E-state index in [-0.39, 0.29) is 5.57 Å². The Morgan fingerprint density at radius 2 is 1.64 bits per heavy atom. The molecule has 0 saturated carbocycles. The summed E-state index contributed by atoms with van der Waals surface area (Å²) in [6.45, 7) is 6.72. The van der Waals surface area contributed by atoms with Gasteiger partial charge in [-0.25, -0.2) is 4.79 Å². The molecule has 15 nitrogen and oxygen atoms in total. The van der Waals surface area contributed by atoms with E-state index in [0.29, 0.717) is 19.5 Å². The number of aliphatic hydroxyl groups is 3. The van der Waals surface area contributed by atoms with E-state index in [4.69, 9.17) is 28.4 Å². The Morgan fingerprint density at radius 1 is 0.952 bits per heavy atom. The minimum absolute atomic E-state index is 0.127. The van der Waals surface area contributed by atoms with E-state index in [2.05, 4.69) is 17.2 Å². The Hall–Kier alpha value is -2.89. The number of nitrogens with one attached hydrogen (secondary N) is 2. The normalized spacial score (nSPS) is 33.0. The van der Waals surface area contributed by atoms with Gasteiger partial charge in [0.2, 0.25) is 5.91 Å². The summed E-state index contributed by atoms with van der Waals surface area (Å²) in [5.74, 6) is -1.84. The topological polar surface area (TPSA) is 196 Å². The number of aliphatic hydroxyl groups excluding tert-OH is 3. The molecule has 5 N–H and O–H groups in total. The SMILES string of the molecule is C=C(C)C(=O)OCC1OC(OC)[C@@H](NC(C)=O)[C@@H](OC2OC(C(=O)NCCCn3cccc3)[C@@H](OC)[C@H](O)[C@@H]2O)[C@@H]1O. The smallest absolute Gasteiger partial charge is 0.333 e. The fraction of sp³-hybridized carbons (Fsp3) is 0.667. The van der Waals surface area contributed by atoms with Crippen molar-refractivity contribution in [2.45, 2.75) is 88.2 Å². The van der Waals surface area contributed by atoms with Crippen molar-refractivity contribution < 1.29 is 58.1 Å². The highest BCUT2D eigenvalue weighted by Gasteiger charge is 2.53. The second-order valence-electron chi connectivity index (χ2n) is 10.1. The Bertz CT molecular complexity index is 1050. The molecule has 0 radical (unpaired) electrons. The average molecular weight is 600 g/mol. The first-order valence-corrected chi connectivity index (χ1v) is 13.5. The fourth-order valence-corrected chi connectivity index (χ4v) is 4.76. The molecular weight excluding hydrogens is 558 g/mol. The number of hydrogen-bond acceptors (Lipinski definition) is 12. The number of aromatic nitrogens is 1. The van der Waals surface area contributed by atoms with Crippen molar-refractivity contribution in [3.05, 3.63) is 36.7 Å². The summed E-state index contributed by atoms with van der Waals surface area (Å²) in [6.07, 6.45) is -8.54. The summed E-state index contributed by atoms with van der Waals surface area (Å²) >= 11 is 0. The van der Waals surface area contributed by atoms with Crippen LogP contribution in [0.15, 0.2) is 36.7 Å². The van der Waals surface area contributed by atoms with Gasteiger partial charge in [-0.1, -0.05) is 6.58 Å². The second kappa shape index (κ2) is 15.5. The Labute approximate surface area is 243 Å². The molecule has 236 valence electrons. The Kier molecular flexibility index (Phi) is 12.4. The lowest BCUT2D eigenvalue weighted by Gasteiger charge is -2.47. The molecule has 0 aliphatic carbocycles. The number of aryl methyl sites for hydroxylation is 1. The van der Waals surface area contributed by atoms with E-state index in [1.54, 1.807) is 0 Å². The van der Waals surface area contributed by atoms with E-state index < -0.39 is 85.7 Å². The number of carbonyl (C=O) groups excluding carboxylic acids is 3. The monoisotopic (exact) mass is 599 g/mol. The summed E-state index contributed by atoms with van der Waals surface area (Å²) in [7, 11) is 2.55. The largest absolute Gasteiger partial charge is 0.459 e. The standard InChI is InChI=1S/C27H41N3O12/c1-14(2)25(36)39-13-16-18(32)21(17(29-15(3)31)26(38-5)40-16)41-27-20(34)19(33)22(37-4)23(42-27)24(35)28-9-8-12-30-10-6-7-11-30/h6-7,10-11,16-23,26-27,32-34H,1,8-9,12-13H2,2-5H3,(H,28,35)(H,29,31)/t16?,17-,18+,19+,20-,21+,22-,23?,26?,27?/m0/s1. The van der Waals surface area contributed by atoms with Crippen molar-refractivity contribution in [3.63, 3.8) is 0 Å². The molecule has 2 fully saturated rings. The minimum Gasteiger partial charge on any atom is -0.459 e. The van der Waals surface area contributed by atoms with Crippen molar-refractivity contribution in [1.29, 1.82) is 0 Å². The molecule has 4 unspecified atom stereocenters. The molecule has 1 aromatic rings. The van der Waals surface area contributed by atoms with Gasteiger partial charge in [0, 0.05) is 52.2 Å². The molecule has 2 saturated heterocycles. The maximum atomic E-state index is 13.1. The van der Waals surface area contributed by atoms with Crippen molar-refractivity contribution in [2.75, 3.05) is 27.4 Å². The summed E-state index contributed by atoms with van der Waals surface area (Å²) in [4.78, 5) is 37.0. The number of carbonyl (C=O) groups is 3. The van der Waals surface area contributed by atoms with Crippen molar-refractivity contribution in [1.82, 2.24) is 15.2 Å². The number of amides is 2. The summed E-state index contributed by atoms with van der Waals surface area (Å²) < 4.78 is 35.2. The first-order valence-electron chi connectivity index (χ1n) is 13.5. The zero-order valence-electron chi connectivity index (χ0n) is 24.1. The first-order chi connectivity index (χ1) is 20.0. The lowest BCUT2D eigenvalue weighted by Crippen LogP contribution is -2.68. The van der Waals surface area contributed by atoms with Gasteiger partial charge in [-0.3, -0.25) is 9.59 Å². The van der Waals surface area contributed by atoms with Crippen LogP contribution in [-0.4, -0.2) is 126 Å². The molecule has 0 bridgehead atoms. The highest BCUT2D eigenvalue weighted by Crippen LogP contribution is 2.30. The molecular formula is C27H41N3O12. The first kappa shape index (κ1) is 33.6. The lowest BCUT2D eigenvalue weighted by atomic mass is 9.95. The highest BCUT2D eigenvalue weighted by molar-refractivity contribution is 5.86. The molecule has 42 heavy (non-hydrogen) atoms. The number of methoxy groups -OCH3 is 2. The van der Waals surface area contributed by atoms with Crippen LogP contribution in [0.2, 0.25) is 0 Å². The van der Waals surface area contributed by atoms with E-state index in [1.165, 1.54) is 28.1 Å². The van der Waals surface area contributed by atoms with Gasteiger partial charge in [-0.2, -0.15) is 0 Å². The summed E-state index contributed by atoms with van der Waals surface area (Å²) in [5.41, 5.74) is 0.127. The van der Waals surface area contributed by atoms with Gasteiger partial charge in [-0.05, 0) is 25.5 Å². The van der Waals surface area contributed by atoms with Crippen molar-refractivity contribution >= 4 is 17.8 Å².